The number of carbonyl (C=O) groups is 2. The predicted octanol–water partition coefficient (Wildman–Crippen LogP) is 3.62. The first-order valence-electron chi connectivity index (χ1n) is 11.9. The Morgan fingerprint density at radius 3 is 2.56 bits per heavy atom. The molecule has 3 aromatic rings. The van der Waals surface area contributed by atoms with Crippen LogP contribution in [-0.4, -0.2) is 70.9 Å². The molecular formula is C26H30ClN5O2. The second-order valence-electron chi connectivity index (χ2n) is 9.07. The van der Waals surface area contributed by atoms with Crippen LogP contribution in [0.3, 0.4) is 0 Å². The van der Waals surface area contributed by atoms with Gasteiger partial charge in [0.15, 0.2) is 0 Å². The van der Waals surface area contributed by atoms with Crippen molar-refractivity contribution in [3.8, 4) is 0 Å². The number of H-pyrrole nitrogens is 1. The monoisotopic (exact) mass is 479 g/mol. The molecule has 0 radical (unpaired) electrons. The molecule has 178 valence electrons. The van der Waals surface area contributed by atoms with Gasteiger partial charge < -0.3 is 20.1 Å². The number of amides is 3. The van der Waals surface area contributed by atoms with Gasteiger partial charge in [0.25, 0.3) is 0 Å². The number of urea groups is 1. The van der Waals surface area contributed by atoms with Crippen molar-refractivity contribution in [2.75, 3.05) is 39.3 Å². The molecule has 0 aliphatic carbocycles. The van der Waals surface area contributed by atoms with E-state index in [0.717, 1.165) is 60.8 Å². The van der Waals surface area contributed by atoms with E-state index < -0.39 is 0 Å². The molecule has 1 saturated heterocycles. The van der Waals surface area contributed by atoms with Gasteiger partial charge in [-0.1, -0.05) is 41.9 Å². The molecule has 0 unspecified atom stereocenters. The summed E-state index contributed by atoms with van der Waals surface area (Å²) in [5, 5.41) is 4.79. The van der Waals surface area contributed by atoms with Gasteiger partial charge in [-0.3, -0.25) is 9.69 Å². The summed E-state index contributed by atoms with van der Waals surface area (Å²) in [6.45, 7) is 5.67. The molecule has 0 saturated carbocycles. The molecule has 1 aromatic heterocycles. The van der Waals surface area contributed by atoms with Crippen LogP contribution in [0.4, 0.5) is 4.79 Å². The minimum atomic E-state index is -0.122. The second kappa shape index (κ2) is 10.1. The summed E-state index contributed by atoms with van der Waals surface area (Å²) >= 11 is 6.15. The van der Waals surface area contributed by atoms with Crippen molar-refractivity contribution in [1.29, 1.82) is 0 Å². The third kappa shape index (κ3) is 5.05. The van der Waals surface area contributed by atoms with Gasteiger partial charge in [-0.05, 0) is 35.7 Å². The molecule has 1 fully saturated rings. The van der Waals surface area contributed by atoms with Crippen LogP contribution in [0.5, 0.6) is 0 Å². The molecule has 7 nitrogen and oxygen atoms in total. The largest absolute Gasteiger partial charge is 0.357 e. The minimum absolute atomic E-state index is 0.105. The van der Waals surface area contributed by atoms with Crippen molar-refractivity contribution < 1.29 is 9.59 Å². The predicted molar refractivity (Wildman–Crippen MR) is 134 cm³/mol. The maximum absolute atomic E-state index is 12.7. The Balaban J connectivity index is 1.05. The summed E-state index contributed by atoms with van der Waals surface area (Å²) in [5.41, 5.74) is 4.64. The average molecular weight is 480 g/mol. The SMILES string of the molecule is O=C(CCNC(=O)N1CCc2c([nH]c3ccc(Cl)cc23)C1)N1CCN(Cc2ccccc2)CC1. The van der Waals surface area contributed by atoms with Crippen molar-refractivity contribution in [3.63, 3.8) is 0 Å². The maximum Gasteiger partial charge on any atom is 0.317 e. The smallest absolute Gasteiger partial charge is 0.317 e. The molecule has 2 aromatic carbocycles. The summed E-state index contributed by atoms with van der Waals surface area (Å²) in [5.74, 6) is 0.105. The number of piperazine rings is 1. The Kier molecular flexibility index (Phi) is 6.74. The van der Waals surface area contributed by atoms with Crippen molar-refractivity contribution in [3.05, 3.63) is 70.4 Å². The molecule has 0 atom stereocenters. The van der Waals surface area contributed by atoms with Crippen LogP contribution in [0.15, 0.2) is 48.5 Å². The minimum Gasteiger partial charge on any atom is -0.357 e. The van der Waals surface area contributed by atoms with E-state index >= 15 is 0 Å². The first-order valence-corrected chi connectivity index (χ1v) is 12.3. The molecule has 2 N–H and O–H groups in total. The highest BCUT2D eigenvalue weighted by Crippen LogP contribution is 2.29. The van der Waals surface area contributed by atoms with Gasteiger partial charge in [0.2, 0.25) is 5.91 Å². The molecule has 2 aliphatic heterocycles. The zero-order chi connectivity index (χ0) is 23.5. The molecule has 2 aliphatic rings. The fourth-order valence-corrected chi connectivity index (χ4v) is 5.10. The number of hydrogen-bond acceptors (Lipinski definition) is 3. The quantitative estimate of drug-likeness (QED) is 0.587. The molecule has 0 spiro atoms. The van der Waals surface area contributed by atoms with E-state index in [1.807, 2.05) is 29.2 Å². The van der Waals surface area contributed by atoms with E-state index in [4.69, 9.17) is 11.6 Å². The lowest BCUT2D eigenvalue weighted by molar-refractivity contribution is -0.132. The molecule has 5 rings (SSSR count). The van der Waals surface area contributed by atoms with Crippen LogP contribution in [0.2, 0.25) is 5.02 Å². The van der Waals surface area contributed by atoms with Gasteiger partial charge in [0.05, 0.1) is 6.54 Å². The van der Waals surface area contributed by atoms with Gasteiger partial charge in [0.1, 0.15) is 0 Å². The Bertz CT molecular complexity index is 1170. The summed E-state index contributed by atoms with van der Waals surface area (Å²) in [6.07, 6.45) is 1.11. The van der Waals surface area contributed by atoms with Crippen molar-refractivity contribution in [1.82, 2.24) is 25.0 Å². The van der Waals surface area contributed by atoms with E-state index in [-0.39, 0.29) is 11.9 Å². The fourth-order valence-electron chi connectivity index (χ4n) is 4.93. The number of nitrogens with one attached hydrogen (secondary N) is 2. The molecule has 0 bridgehead atoms. The highest BCUT2D eigenvalue weighted by Gasteiger charge is 2.25. The molecular weight excluding hydrogens is 450 g/mol. The maximum atomic E-state index is 12.7. The number of rotatable bonds is 5. The van der Waals surface area contributed by atoms with Gasteiger partial charge in [-0.25, -0.2) is 4.79 Å². The van der Waals surface area contributed by atoms with Gasteiger partial charge >= 0.3 is 6.03 Å². The number of benzene rings is 2. The molecule has 8 heteroatoms. The second-order valence-corrected chi connectivity index (χ2v) is 9.50. The lowest BCUT2D eigenvalue weighted by Gasteiger charge is -2.35. The van der Waals surface area contributed by atoms with Crippen LogP contribution < -0.4 is 5.32 Å². The number of halogens is 1. The van der Waals surface area contributed by atoms with Crippen LogP contribution >= 0.6 is 11.6 Å². The van der Waals surface area contributed by atoms with E-state index in [1.54, 1.807) is 4.90 Å². The first kappa shape index (κ1) is 22.7. The number of nitrogens with zero attached hydrogens (tertiary/aromatic N) is 3. The van der Waals surface area contributed by atoms with Crippen molar-refractivity contribution in [2.45, 2.75) is 25.9 Å². The van der Waals surface area contributed by atoms with Crippen molar-refractivity contribution >= 4 is 34.4 Å². The van der Waals surface area contributed by atoms with E-state index in [1.165, 1.54) is 11.1 Å². The Morgan fingerprint density at radius 2 is 1.76 bits per heavy atom. The Morgan fingerprint density at radius 1 is 0.971 bits per heavy atom. The zero-order valence-corrected chi connectivity index (χ0v) is 20.0. The van der Waals surface area contributed by atoms with Gasteiger partial charge in [-0.2, -0.15) is 0 Å². The van der Waals surface area contributed by atoms with Crippen LogP contribution in [0, 0.1) is 0 Å². The van der Waals surface area contributed by atoms with Crippen LogP contribution in [-0.2, 0) is 24.3 Å². The topological polar surface area (TPSA) is 71.7 Å². The van der Waals surface area contributed by atoms with Gasteiger partial charge in [0, 0.05) is 73.9 Å². The normalized spacial score (nSPS) is 16.5. The fraction of sp³-hybridized carbons (Fsp3) is 0.385. The lowest BCUT2D eigenvalue weighted by Crippen LogP contribution is -2.49. The number of fused-ring (bicyclic) bond motifs is 3. The third-order valence-corrected chi connectivity index (χ3v) is 7.05. The Labute approximate surface area is 204 Å². The van der Waals surface area contributed by atoms with Gasteiger partial charge in [-0.15, -0.1) is 0 Å². The van der Waals surface area contributed by atoms with Crippen LogP contribution in [0.25, 0.3) is 10.9 Å². The zero-order valence-electron chi connectivity index (χ0n) is 19.2. The number of hydrogen-bond donors (Lipinski definition) is 2. The highest BCUT2D eigenvalue weighted by atomic mass is 35.5. The van der Waals surface area contributed by atoms with Crippen LogP contribution in [0.1, 0.15) is 23.2 Å². The Hall–Kier alpha value is -3.03. The first-order chi connectivity index (χ1) is 16.6. The summed E-state index contributed by atoms with van der Waals surface area (Å²) in [4.78, 5) is 34.8. The molecule has 3 heterocycles. The third-order valence-electron chi connectivity index (χ3n) is 6.81. The highest BCUT2D eigenvalue weighted by molar-refractivity contribution is 6.31. The van der Waals surface area contributed by atoms with Crippen molar-refractivity contribution in [2.24, 2.45) is 0 Å². The van der Waals surface area contributed by atoms with E-state index in [9.17, 15) is 9.59 Å². The number of aromatic amines is 1. The molecule has 34 heavy (non-hydrogen) atoms. The molecule has 3 amide bonds. The van der Waals surface area contributed by atoms with E-state index in [2.05, 4.69) is 39.5 Å². The summed E-state index contributed by atoms with van der Waals surface area (Å²) in [6, 6.07) is 16.1. The van der Waals surface area contributed by atoms with E-state index in [0.29, 0.717) is 26.1 Å². The number of carbonyl (C=O) groups excluding carboxylic acids is 2. The lowest BCUT2D eigenvalue weighted by atomic mass is 10.0. The summed E-state index contributed by atoms with van der Waals surface area (Å²) in [7, 11) is 0. The standard InChI is InChI=1S/C26H30ClN5O2/c27-20-6-7-23-22(16-20)21-9-11-32(18-24(21)29-23)26(34)28-10-8-25(33)31-14-12-30(13-15-31)17-19-4-2-1-3-5-19/h1-7,16,29H,8-15,17-18H2,(H,28,34). The average Bonchev–Trinajstić information content (AvgIpc) is 3.22. The number of aromatic nitrogens is 1. The summed E-state index contributed by atoms with van der Waals surface area (Å²) < 4.78 is 0.